The second kappa shape index (κ2) is 8.28. The number of nitrogens with zero attached hydrogens (tertiary/aromatic N) is 1. The van der Waals surface area contributed by atoms with E-state index < -0.39 is 0 Å². The lowest BCUT2D eigenvalue weighted by Crippen LogP contribution is -2.01. The van der Waals surface area contributed by atoms with Crippen LogP contribution in [0.25, 0.3) is 10.9 Å². The Kier molecular flexibility index (Phi) is 7.43. The first-order valence-electron chi connectivity index (χ1n) is 6.24. The molecule has 0 saturated carbocycles. The molecule has 0 saturated heterocycles. The van der Waals surface area contributed by atoms with E-state index in [-0.39, 0.29) is 5.97 Å². The van der Waals surface area contributed by atoms with Gasteiger partial charge in [0.25, 0.3) is 0 Å². The molecule has 0 radical (unpaired) electrons. The van der Waals surface area contributed by atoms with Crippen molar-refractivity contribution in [1.82, 2.24) is 10.2 Å². The van der Waals surface area contributed by atoms with Gasteiger partial charge in [-0.25, -0.2) is 4.79 Å². The van der Waals surface area contributed by atoms with Crippen molar-refractivity contribution in [2.45, 2.75) is 34.6 Å². The smallest absolute Gasteiger partial charge is 0.337 e. The fourth-order valence-electron chi connectivity index (χ4n) is 1.47. The van der Waals surface area contributed by atoms with Crippen molar-refractivity contribution in [1.29, 1.82) is 0 Å². The number of esters is 1. The summed E-state index contributed by atoms with van der Waals surface area (Å²) in [6, 6.07) is 3.55. The number of hydrogen-bond donors (Lipinski definition) is 1. The van der Waals surface area contributed by atoms with Gasteiger partial charge >= 0.3 is 5.97 Å². The fourth-order valence-corrected chi connectivity index (χ4v) is 1.47. The number of hydrogen-bond acceptors (Lipinski definition) is 3. The van der Waals surface area contributed by atoms with Crippen LogP contribution in [0.3, 0.4) is 0 Å². The monoisotopic (exact) mass is 250 g/mol. The summed E-state index contributed by atoms with van der Waals surface area (Å²) in [7, 11) is 1.37. The normalized spacial score (nSPS) is 8.78. The Bertz CT molecular complexity index is 489. The predicted octanol–water partition coefficient (Wildman–Crippen LogP) is 3.71. The molecule has 4 nitrogen and oxygen atoms in total. The van der Waals surface area contributed by atoms with Crippen LogP contribution in [0.4, 0.5) is 0 Å². The van der Waals surface area contributed by atoms with E-state index in [0.29, 0.717) is 5.56 Å². The molecular weight excluding hydrogens is 228 g/mol. The first kappa shape index (κ1) is 16.2. The van der Waals surface area contributed by atoms with Crippen molar-refractivity contribution in [2.24, 2.45) is 0 Å². The number of aryl methyl sites for hydroxylation is 1. The van der Waals surface area contributed by atoms with E-state index in [9.17, 15) is 4.79 Å². The molecule has 1 aromatic carbocycles. The molecule has 1 aromatic heterocycles. The van der Waals surface area contributed by atoms with Crippen molar-refractivity contribution in [3.8, 4) is 0 Å². The summed E-state index contributed by atoms with van der Waals surface area (Å²) >= 11 is 0. The lowest BCUT2D eigenvalue weighted by molar-refractivity contribution is 0.0601. The number of fused-ring (bicyclic) bond motifs is 1. The molecule has 0 fully saturated rings. The lowest BCUT2D eigenvalue weighted by Gasteiger charge is -2.01. The third-order valence-corrected chi connectivity index (χ3v) is 2.17. The molecule has 2 rings (SSSR count). The Balaban J connectivity index is 0.000000659. The minimum absolute atomic E-state index is 0.323. The van der Waals surface area contributed by atoms with E-state index in [4.69, 9.17) is 0 Å². The number of methoxy groups -OCH3 is 1. The van der Waals surface area contributed by atoms with Crippen LogP contribution in [0, 0.1) is 6.92 Å². The quantitative estimate of drug-likeness (QED) is 0.785. The van der Waals surface area contributed by atoms with Crippen LogP contribution in [0.5, 0.6) is 0 Å². The van der Waals surface area contributed by atoms with E-state index in [2.05, 4.69) is 14.9 Å². The van der Waals surface area contributed by atoms with Gasteiger partial charge in [0.05, 0.1) is 24.4 Å². The van der Waals surface area contributed by atoms with Gasteiger partial charge in [0.2, 0.25) is 0 Å². The maximum atomic E-state index is 11.3. The molecule has 2 aromatic rings. The highest BCUT2D eigenvalue weighted by Crippen LogP contribution is 2.18. The molecule has 4 heteroatoms. The Labute approximate surface area is 108 Å². The number of nitrogens with one attached hydrogen (secondary N) is 1. The molecule has 100 valence electrons. The summed E-state index contributed by atoms with van der Waals surface area (Å²) in [6.45, 7) is 9.92. The van der Waals surface area contributed by atoms with E-state index in [1.165, 1.54) is 7.11 Å². The Morgan fingerprint density at radius 1 is 1.22 bits per heavy atom. The Morgan fingerprint density at radius 2 is 1.83 bits per heavy atom. The molecule has 0 aliphatic carbocycles. The van der Waals surface area contributed by atoms with Crippen LogP contribution in [0.2, 0.25) is 0 Å². The van der Waals surface area contributed by atoms with E-state index >= 15 is 0 Å². The maximum absolute atomic E-state index is 11.3. The van der Waals surface area contributed by atoms with Gasteiger partial charge in [-0.3, -0.25) is 5.10 Å². The molecule has 0 amide bonds. The van der Waals surface area contributed by atoms with Crippen molar-refractivity contribution < 1.29 is 9.53 Å². The fraction of sp³-hybridized carbons (Fsp3) is 0.429. The first-order valence-corrected chi connectivity index (χ1v) is 6.24. The molecule has 0 spiro atoms. The average molecular weight is 250 g/mol. The summed E-state index contributed by atoms with van der Waals surface area (Å²) in [5.41, 5.74) is 2.50. The summed E-state index contributed by atoms with van der Waals surface area (Å²) < 4.78 is 4.65. The SMILES string of the molecule is CC.CC.COC(=O)c1cc(C)c2[nH]ncc2c1. The van der Waals surface area contributed by atoms with E-state index in [1.807, 2.05) is 34.6 Å². The maximum Gasteiger partial charge on any atom is 0.337 e. The second-order valence-corrected chi connectivity index (χ2v) is 3.12. The number of ether oxygens (including phenoxy) is 1. The summed E-state index contributed by atoms with van der Waals surface area (Å²) in [4.78, 5) is 11.3. The number of aromatic amines is 1. The molecule has 0 aliphatic heterocycles. The molecule has 1 N–H and O–H groups in total. The number of H-pyrrole nitrogens is 1. The topological polar surface area (TPSA) is 55.0 Å². The predicted molar refractivity (Wildman–Crippen MR) is 74.9 cm³/mol. The van der Waals surface area contributed by atoms with Crippen LogP contribution in [-0.4, -0.2) is 23.3 Å². The third-order valence-electron chi connectivity index (χ3n) is 2.17. The van der Waals surface area contributed by atoms with Gasteiger partial charge in [0, 0.05) is 5.39 Å². The molecule has 0 unspecified atom stereocenters. The number of carbonyl (C=O) groups is 1. The average Bonchev–Trinajstić information content (AvgIpc) is 2.91. The highest BCUT2D eigenvalue weighted by molar-refractivity contribution is 5.95. The van der Waals surface area contributed by atoms with Gasteiger partial charge in [-0.05, 0) is 24.6 Å². The second-order valence-electron chi connectivity index (χ2n) is 3.12. The molecule has 0 atom stereocenters. The minimum Gasteiger partial charge on any atom is -0.465 e. The molecule has 0 bridgehead atoms. The van der Waals surface area contributed by atoms with Gasteiger partial charge < -0.3 is 4.74 Å². The van der Waals surface area contributed by atoms with Crippen LogP contribution >= 0.6 is 0 Å². The molecule has 18 heavy (non-hydrogen) atoms. The number of aromatic nitrogens is 2. The van der Waals surface area contributed by atoms with Crippen LogP contribution in [0.1, 0.15) is 43.6 Å². The molecule has 1 heterocycles. The van der Waals surface area contributed by atoms with Gasteiger partial charge in [-0.15, -0.1) is 0 Å². The minimum atomic E-state index is -0.323. The van der Waals surface area contributed by atoms with Crippen LogP contribution in [0.15, 0.2) is 18.3 Å². The number of carbonyl (C=O) groups excluding carboxylic acids is 1. The summed E-state index contributed by atoms with van der Waals surface area (Å²) in [5, 5.41) is 7.70. The van der Waals surface area contributed by atoms with E-state index in [1.54, 1.807) is 18.3 Å². The number of rotatable bonds is 1. The van der Waals surface area contributed by atoms with Crippen molar-refractivity contribution in [3.63, 3.8) is 0 Å². The zero-order valence-corrected chi connectivity index (χ0v) is 12.0. The molecular formula is C14H22N2O2. The number of benzene rings is 1. The van der Waals surface area contributed by atoms with Crippen molar-refractivity contribution in [3.05, 3.63) is 29.5 Å². The van der Waals surface area contributed by atoms with Crippen LogP contribution in [-0.2, 0) is 4.74 Å². The summed E-state index contributed by atoms with van der Waals surface area (Å²) in [5.74, 6) is -0.323. The largest absolute Gasteiger partial charge is 0.465 e. The van der Waals surface area contributed by atoms with Crippen LogP contribution < -0.4 is 0 Å². The van der Waals surface area contributed by atoms with Gasteiger partial charge in [0.1, 0.15) is 0 Å². The first-order chi connectivity index (χ1) is 8.72. The Hall–Kier alpha value is -1.84. The zero-order chi connectivity index (χ0) is 14.1. The van der Waals surface area contributed by atoms with Crippen molar-refractivity contribution in [2.75, 3.05) is 7.11 Å². The third kappa shape index (κ3) is 3.58. The highest BCUT2D eigenvalue weighted by Gasteiger charge is 2.08. The van der Waals surface area contributed by atoms with Crippen molar-refractivity contribution >= 4 is 16.9 Å². The van der Waals surface area contributed by atoms with Gasteiger partial charge in [-0.2, -0.15) is 5.10 Å². The van der Waals surface area contributed by atoms with Gasteiger partial charge in [0.15, 0.2) is 0 Å². The highest BCUT2D eigenvalue weighted by atomic mass is 16.5. The zero-order valence-electron chi connectivity index (χ0n) is 12.0. The molecule has 0 aliphatic rings. The lowest BCUT2D eigenvalue weighted by atomic mass is 10.1. The Morgan fingerprint density at radius 3 is 2.39 bits per heavy atom. The summed E-state index contributed by atoms with van der Waals surface area (Å²) in [6.07, 6.45) is 1.69. The standard InChI is InChI=1S/C10H10N2O2.2C2H6/c1-6-3-7(10(13)14-2)4-8-5-11-12-9(6)8;2*1-2/h3-5H,1-2H3,(H,11,12);2*1-2H3. The van der Waals surface area contributed by atoms with Gasteiger partial charge in [-0.1, -0.05) is 27.7 Å². The van der Waals surface area contributed by atoms with E-state index in [0.717, 1.165) is 16.5 Å².